The Bertz CT molecular complexity index is 642. The third kappa shape index (κ3) is 2.26. The number of aromatic nitrogens is 1. The van der Waals surface area contributed by atoms with Crippen molar-refractivity contribution in [2.45, 2.75) is 25.4 Å². The second-order valence-electron chi connectivity index (χ2n) is 6.69. The highest BCUT2D eigenvalue weighted by molar-refractivity contribution is 6.33. The quantitative estimate of drug-likeness (QED) is 0.636. The van der Waals surface area contributed by atoms with Crippen molar-refractivity contribution in [2.75, 3.05) is 31.5 Å². The largest absolute Gasteiger partial charge is 0.633 e. The number of aryl methyl sites for hydroxylation is 1. The van der Waals surface area contributed by atoms with Gasteiger partial charge in [-0.3, -0.25) is 5.32 Å². The number of pyridine rings is 1. The van der Waals surface area contributed by atoms with Gasteiger partial charge >= 0.3 is 0 Å². The number of hydrogen-bond acceptors (Lipinski definition) is 5. The first-order valence-corrected chi connectivity index (χ1v) is 8.06. The minimum Gasteiger partial charge on any atom is -0.633 e. The number of quaternary nitrogens is 1. The first kappa shape index (κ1) is 14.2. The Morgan fingerprint density at radius 1 is 1.45 bits per heavy atom. The van der Waals surface area contributed by atoms with Crippen molar-refractivity contribution in [3.8, 4) is 0 Å². The lowest BCUT2D eigenvalue weighted by atomic mass is 9.75. The molecule has 1 spiro atoms. The number of fused-ring (bicyclic) bond motifs is 2. The van der Waals surface area contributed by atoms with Gasteiger partial charge in [0.25, 0.3) is 6.02 Å². The number of piperidine rings is 3. The molecule has 1 N–H and O–H groups in total. The van der Waals surface area contributed by atoms with Gasteiger partial charge in [0, 0.05) is 25.0 Å². The Morgan fingerprint density at radius 2 is 2.23 bits per heavy atom. The maximum atomic E-state index is 12.6. The average Bonchev–Trinajstić information content (AvgIpc) is 2.85. The molecule has 3 fully saturated rings. The van der Waals surface area contributed by atoms with E-state index >= 15 is 0 Å². The SMILES string of the molecule is Cc1cnc(NC2=NC[C@@]3(C[N+]4([O-])CCC3CC4)O2)c(Cl)c1. The number of hydroxylamine groups is 3. The highest BCUT2D eigenvalue weighted by Crippen LogP contribution is 2.44. The molecular formula is C15H19ClN4O2. The fourth-order valence-electron chi connectivity index (χ4n) is 3.89. The van der Waals surface area contributed by atoms with Gasteiger partial charge in [-0.05, 0) is 18.6 Å². The lowest BCUT2D eigenvalue weighted by molar-refractivity contribution is -0.905. The molecule has 22 heavy (non-hydrogen) atoms. The molecule has 0 unspecified atom stereocenters. The van der Waals surface area contributed by atoms with Gasteiger partial charge in [-0.2, -0.15) is 0 Å². The Kier molecular flexibility index (Phi) is 3.11. The summed E-state index contributed by atoms with van der Waals surface area (Å²) < 4.78 is 5.97. The van der Waals surface area contributed by atoms with Crippen LogP contribution in [0.4, 0.5) is 5.82 Å². The molecule has 1 atom stereocenters. The van der Waals surface area contributed by atoms with Crippen molar-refractivity contribution in [1.82, 2.24) is 4.98 Å². The molecule has 4 aliphatic rings. The molecule has 5 heterocycles. The smallest absolute Gasteiger partial charge is 0.291 e. The number of halogens is 1. The average molecular weight is 323 g/mol. The molecule has 0 aliphatic carbocycles. The van der Waals surface area contributed by atoms with Crippen molar-refractivity contribution in [3.63, 3.8) is 0 Å². The number of ether oxygens (including phenoxy) is 1. The fraction of sp³-hybridized carbons (Fsp3) is 0.600. The van der Waals surface area contributed by atoms with Crippen LogP contribution in [0.3, 0.4) is 0 Å². The van der Waals surface area contributed by atoms with E-state index < -0.39 is 5.60 Å². The normalized spacial score (nSPS) is 36.3. The second-order valence-corrected chi connectivity index (χ2v) is 7.10. The Labute approximate surface area is 134 Å². The second kappa shape index (κ2) is 4.81. The Balaban J connectivity index is 1.50. The van der Waals surface area contributed by atoms with Crippen LogP contribution < -0.4 is 5.32 Å². The van der Waals surface area contributed by atoms with Gasteiger partial charge in [0.1, 0.15) is 6.54 Å². The van der Waals surface area contributed by atoms with Crippen LogP contribution in [-0.4, -0.2) is 47.4 Å². The monoisotopic (exact) mass is 322 g/mol. The highest BCUT2D eigenvalue weighted by atomic mass is 35.5. The van der Waals surface area contributed by atoms with Crippen molar-refractivity contribution in [2.24, 2.45) is 10.9 Å². The van der Waals surface area contributed by atoms with Crippen molar-refractivity contribution in [1.29, 1.82) is 0 Å². The minimum absolute atomic E-state index is 0.136. The first-order valence-electron chi connectivity index (χ1n) is 7.68. The highest BCUT2D eigenvalue weighted by Gasteiger charge is 2.56. The number of amidine groups is 1. The molecule has 0 saturated carbocycles. The van der Waals surface area contributed by atoms with Crippen LogP contribution in [0, 0.1) is 18.0 Å². The van der Waals surface area contributed by atoms with Gasteiger partial charge in [0.15, 0.2) is 11.4 Å². The van der Waals surface area contributed by atoms with E-state index in [4.69, 9.17) is 16.3 Å². The standard InChI is InChI=1S/C15H19ClN4O2/c1-10-6-12(16)13(17-7-10)19-14-18-8-15(22-14)9-20(21)4-2-11(15)3-5-20/h6-7,11H,2-5,8-9H2,1H3,(H,17,18,19)/t11?,15-,20?/m0/s1. The molecule has 0 radical (unpaired) electrons. The molecule has 2 bridgehead atoms. The number of nitrogens with one attached hydrogen (secondary N) is 1. The van der Waals surface area contributed by atoms with Gasteiger partial charge in [-0.25, -0.2) is 9.98 Å². The summed E-state index contributed by atoms with van der Waals surface area (Å²) in [5.74, 6) is 0.960. The van der Waals surface area contributed by atoms with E-state index in [0.717, 1.165) is 18.4 Å². The number of rotatable bonds is 1. The summed E-state index contributed by atoms with van der Waals surface area (Å²) in [5, 5.41) is 16.2. The molecule has 6 nitrogen and oxygen atoms in total. The maximum Gasteiger partial charge on any atom is 0.291 e. The number of nitrogens with zero attached hydrogens (tertiary/aromatic N) is 3. The predicted octanol–water partition coefficient (Wildman–Crippen LogP) is 2.32. The van der Waals surface area contributed by atoms with Crippen LogP contribution in [0.1, 0.15) is 18.4 Å². The molecule has 3 saturated heterocycles. The number of aliphatic imine (C=N–C) groups is 1. The molecule has 1 aromatic rings. The molecule has 5 rings (SSSR count). The molecule has 4 aliphatic heterocycles. The molecule has 118 valence electrons. The fourth-order valence-corrected chi connectivity index (χ4v) is 4.16. The van der Waals surface area contributed by atoms with Gasteiger partial charge in [0.05, 0.1) is 24.7 Å². The topological polar surface area (TPSA) is 69.6 Å². The molecule has 0 amide bonds. The van der Waals surface area contributed by atoms with E-state index in [1.165, 1.54) is 0 Å². The van der Waals surface area contributed by atoms with Crippen LogP contribution in [0.15, 0.2) is 17.3 Å². The molecule has 7 heteroatoms. The summed E-state index contributed by atoms with van der Waals surface area (Å²) in [6.07, 6.45) is 3.59. The lowest BCUT2D eigenvalue weighted by Gasteiger charge is -2.58. The van der Waals surface area contributed by atoms with Crippen molar-refractivity contribution in [3.05, 3.63) is 28.1 Å². The van der Waals surface area contributed by atoms with E-state index in [1.807, 2.05) is 13.0 Å². The first-order chi connectivity index (χ1) is 10.5. The van der Waals surface area contributed by atoms with E-state index in [-0.39, 0.29) is 4.65 Å². The minimum atomic E-state index is -0.433. The number of hydrogen-bond donors (Lipinski definition) is 1. The molecule has 0 aromatic carbocycles. The summed E-state index contributed by atoms with van der Waals surface area (Å²) in [4.78, 5) is 8.72. The summed E-state index contributed by atoms with van der Waals surface area (Å²) in [5.41, 5.74) is 0.564. The predicted molar refractivity (Wildman–Crippen MR) is 84.7 cm³/mol. The summed E-state index contributed by atoms with van der Waals surface area (Å²) in [7, 11) is 0. The van der Waals surface area contributed by atoms with E-state index in [0.29, 0.717) is 49.0 Å². The van der Waals surface area contributed by atoms with E-state index in [9.17, 15) is 5.21 Å². The zero-order valence-corrected chi connectivity index (χ0v) is 13.3. The summed E-state index contributed by atoms with van der Waals surface area (Å²) >= 11 is 6.18. The van der Waals surface area contributed by atoms with Gasteiger partial charge in [-0.15, -0.1) is 0 Å². The number of anilines is 1. The maximum absolute atomic E-state index is 12.6. The summed E-state index contributed by atoms with van der Waals surface area (Å²) in [6, 6.07) is 2.27. The van der Waals surface area contributed by atoms with E-state index in [1.54, 1.807) is 6.20 Å². The Morgan fingerprint density at radius 3 is 2.91 bits per heavy atom. The van der Waals surface area contributed by atoms with E-state index in [2.05, 4.69) is 15.3 Å². The van der Waals surface area contributed by atoms with Gasteiger partial charge < -0.3 is 14.6 Å². The van der Waals surface area contributed by atoms with Crippen molar-refractivity contribution >= 4 is 23.4 Å². The van der Waals surface area contributed by atoms with Gasteiger partial charge in [-0.1, -0.05) is 11.6 Å². The molecular weight excluding hydrogens is 304 g/mol. The van der Waals surface area contributed by atoms with Crippen molar-refractivity contribution < 1.29 is 9.38 Å². The molecule has 1 aromatic heterocycles. The lowest BCUT2D eigenvalue weighted by Crippen LogP contribution is -2.67. The Hall–Kier alpha value is -1.37. The van der Waals surface area contributed by atoms with Crippen LogP contribution in [0.5, 0.6) is 0 Å². The van der Waals surface area contributed by atoms with Crippen LogP contribution in [0.25, 0.3) is 0 Å². The third-order valence-electron chi connectivity index (χ3n) is 5.06. The van der Waals surface area contributed by atoms with Gasteiger partial charge in [0.2, 0.25) is 0 Å². The van der Waals surface area contributed by atoms with Crippen LogP contribution in [0.2, 0.25) is 5.02 Å². The zero-order chi connectivity index (χ0) is 15.4. The zero-order valence-electron chi connectivity index (χ0n) is 12.5. The summed E-state index contributed by atoms with van der Waals surface area (Å²) in [6.45, 7) is 4.41. The van der Waals surface area contributed by atoms with Crippen LogP contribution >= 0.6 is 11.6 Å². The third-order valence-corrected chi connectivity index (χ3v) is 5.35. The van der Waals surface area contributed by atoms with Crippen LogP contribution in [-0.2, 0) is 4.74 Å².